The Morgan fingerprint density at radius 2 is 2.05 bits per heavy atom. The summed E-state index contributed by atoms with van der Waals surface area (Å²) in [5, 5.41) is 3.15. The first-order valence-corrected chi connectivity index (χ1v) is 6.83. The number of aromatic amines is 1. The zero-order chi connectivity index (χ0) is 15.0. The van der Waals surface area contributed by atoms with Crippen LogP contribution in [-0.4, -0.2) is 52.7 Å². The standard InChI is InChI=1S/C13H12ClFN4O2/c14-12-10-9(8(15)6-18-12)7(5-17-10)11(20)13(21)19-3-1-16-2-4-19/h5-6,16-17H,1-4H2. The van der Waals surface area contributed by atoms with Crippen molar-refractivity contribution in [2.24, 2.45) is 0 Å². The van der Waals surface area contributed by atoms with Gasteiger partial charge in [0.25, 0.3) is 11.7 Å². The van der Waals surface area contributed by atoms with Crippen LogP contribution in [0.15, 0.2) is 12.4 Å². The molecule has 2 aromatic rings. The van der Waals surface area contributed by atoms with Crippen LogP contribution < -0.4 is 5.32 Å². The van der Waals surface area contributed by atoms with Gasteiger partial charge in [-0.2, -0.15) is 0 Å². The maximum Gasteiger partial charge on any atom is 0.295 e. The van der Waals surface area contributed by atoms with Gasteiger partial charge >= 0.3 is 0 Å². The van der Waals surface area contributed by atoms with Crippen LogP contribution >= 0.6 is 11.6 Å². The number of piperazine rings is 1. The Balaban J connectivity index is 1.98. The van der Waals surface area contributed by atoms with Gasteiger partial charge in [0, 0.05) is 32.4 Å². The summed E-state index contributed by atoms with van der Waals surface area (Å²) in [5.41, 5.74) is 0.198. The summed E-state index contributed by atoms with van der Waals surface area (Å²) in [6.07, 6.45) is 2.23. The van der Waals surface area contributed by atoms with Gasteiger partial charge < -0.3 is 15.2 Å². The maximum absolute atomic E-state index is 13.9. The van der Waals surface area contributed by atoms with Crippen molar-refractivity contribution >= 4 is 34.2 Å². The highest BCUT2D eigenvalue weighted by molar-refractivity contribution is 6.45. The van der Waals surface area contributed by atoms with E-state index in [1.54, 1.807) is 0 Å². The molecule has 0 aromatic carbocycles. The third-order valence-electron chi connectivity index (χ3n) is 3.46. The molecule has 8 heteroatoms. The number of nitrogens with one attached hydrogen (secondary N) is 2. The molecule has 1 amide bonds. The quantitative estimate of drug-likeness (QED) is 0.492. The van der Waals surface area contributed by atoms with E-state index >= 15 is 0 Å². The number of aromatic nitrogens is 2. The molecule has 2 N–H and O–H groups in total. The highest BCUT2D eigenvalue weighted by Crippen LogP contribution is 2.26. The first kappa shape index (κ1) is 14.0. The molecule has 0 spiro atoms. The van der Waals surface area contributed by atoms with Crippen molar-refractivity contribution in [1.29, 1.82) is 0 Å². The molecule has 21 heavy (non-hydrogen) atoms. The number of hydrogen-bond donors (Lipinski definition) is 2. The second-order valence-electron chi connectivity index (χ2n) is 4.72. The molecule has 1 aliphatic heterocycles. The van der Waals surface area contributed by atoms with E-state index in [1.165, 1.54) is 11.1 Å². The molecular weight excluding hydrogens is 299 g/mol. The Morgan fingerprint density at radius 1 is 1.33 bits per heavy atom. The molecule has 3 heterocycles. The second-order valence-corrected chi connectivity index (χ2v) is 5.08. The lowest BCUT2D eigenvalue weighted by molar-refractivity contribution is -0.126. The average molecular weight is 311 g/mol. The summed E-state index contributed by atoms with van der Waals surface area (Å²) in [4.78, 5) is 32.3. The number of Topliss-reactive ketones (excluding diaryl/α,β-unsaturated/α-hetero) is 1. The Morgan fingerprint density at radius 3 is 2.76 bits per heavy atom. The molecule has 0 aliphatic carbocycles. The van der Waals surface area contributed by atoms with E-state index in [1.807, 2.05) is 0 Å². The fraction of sp³-hybridized carbons (Fsp3) is 0.308. The van der Waals surface area contributed by atoms with E-state index in [-0.39, 0.29) is 21.6 Å². The largest absolute Gasteiger partial charge is 0.358 e. The lowest BCUT2D eigenvalue weighted by atomic mass is 10.1. The molecule has 6 nitrogen and oxygen atoms in total. The number of ketones is 1. The number of nitrogens with zero attached hydrogens (tertiary/aromatic N) is 2. The molecule has 1 aliphatic rings. The number of H-pyrrole nitrogens is 1. The number of carbonyl (C=O) groups is 2. The lowest BCUT2D eigenvalue weighted by Crippen LogP contribution is -2.48. The first-order valence-electron chi connectivity index (χ1n) is 6.45. The second kappa shape index (κ2) is 5.42. The van der Waals surface area contributed by atoms with E-state index in [0.29, 0.717) is 26.2 Å². The van der Waals surface area contributed by atoms with Crippen LogP contribution in [0, 0.1) is 5.82 Å². The van der Waals surface area contributed by atoms with Crippen molar-refractivity contribution in [3.8, 4) is 0 Å². The molecule has 1 fully saturated rings. The molecule has 0 bridgehead atoms. The number of hydrogen-bond acceptors (Lipinski definition) is 4. The fourth-order valence-corrected chi connectivity index (χ4v) is 2.58. The number of pyridine rings is 1. The number of fused-ring (bicyclic) bond motifs is 1. The molecule has 0 atom stereocenters. The highest BCUT2D eigenvalue weighted by atomic mass is 35.5. The van der Waals surface area contributed by atoms with Crippen LogP contribution in [0.1, 0.15) is 10.4 Å². The third-order valence-corrected chi connectivity index (χ3v) is 3.75. The van der Waals surface area contributed by atoms with Gasteiger partial charge in [0.05, 0.1) is 22.7 Å². The zero-order valence-corrected chi connectivity index (χ0v) is 11.7. The predicted octanol–water partition coefficient (Wildman–Crippen LogP) is 0.970. The molecular formula is C13H12ClFN4O2. The van der Waals surface area contributed by atoms with Crippen LogP contribution in [0.4, 0.5) is 4.39 Å². The summed E-state index contributed by atoms with van der Waals surface area (Å²) < 4.78 is 13.9. The highest BCUT2D eigenvalue weighted by Gasteiger charge is 2.28. The first-order chi connectivity index (χ1) is 10.1. The minimum absolute atomic E-state index is 0.00323. The summed E-state index contributed by atoms with van der Waals surface area (Å²) in [6.45, 7) is 2.18. The summed E-state index contributed by atoms with van der Waals surface area (Å²) in [6, 6.07) is 0. The molecule has 2 aromatic heterocycles. The average Bonchev–Trinajstić information content (AvgIpc) is 2.96. The van der Waals surface area contributed by atoms with Gasteiger partial charge in [-0.3, -0.25) is 9.59 Å². The van der Waals surface area contributed by atoms with Crippen molar-refractivity contribution < 1.29 is 14.0 Å². The monoisotopic (exact) mass is 310 g/mol. The Hall–Kier alpha value is -1.99. The Kier molecular flexibility index (Phi) is 3.60. The number of amides is 1. The SMILES string of the molecule is O=C(C(=O)N1CCNCC1)c1c[nH]c2c(Cl)ncc(F)c12. The summed E-state index contributed by atoms with van der Waals surface area (Å²) >= 11 is 5.85. The molecule has 0 saturated carbocycles. The Bertz CT molecular complexity index is 724. The summed E-state index contributed by atoms with van der Waals surface area (Å²) in [5.74, 6) is -2.07. The maximum atomic E-state index is 13.9. The number of rotatable bonds is 2. The number of carbonyl (C=O) groups excluding carboxylic acids is 2. The van der Waals surface area contributed by atoms with Crippen LogP contribution in [0.5, 0.6) is 0 Å². The van der Waals surface area contributed by atoms with Crippen molar-refractivity contribution in [2.75, 3.05) is 26.2 Å². The molecule has 0 radical (unpaired) electrons. The fourth-order valence-electron chi connectivity index (χ4n) is 2.38. The van der Waals surface area contributed by atoms with Crippen molar-refractivity contribution in [3.05, 3.63) is 28.9 Å². The lowest BCUT2D eigenvalue weighted by Gasteiger charge is -2.26. The van der Waals surface area contributed by atoms with E-state index in [9.17, 15) is 14.0 Å². The van der Waals surface area contributed by atoms with Crippen molar-refractivity contribution in [1.82, 2.24) is 20.2 Å². The van der Waals surface area contributed by atoms with E-state index in [0.717, 1.165) is 6.20 Å². The minimum atomic E-state index is -0.746. The predicted molar refractivity (Wildman–Crippen MR) is 74.8 cm³/mol. The topological polar surface area (TPSA) is 78.1 Å². The van der Waals surface area contributed by atoms with Crippen LogP contribution in [0.2, 0.25) is 5.15 Å². The molecule has 1 saturated heterocycles. The number of halogens is 2. The Labute approximate surface area is 124 Å². The van der Waals surface area contributed by atoms with Gasteiger partial charge in [0.2, 0.25) is 0 Å². The van der Waals surface area contributed by atoms with Gasteiger partial charge in [0.1, 0.15) is 0 Å². The van der Waals surface area contributed by atoms with Crippen LogP contribution in [0.3, 0.4) is 0 Å². The minimum Gasteiger partial charge on any atom is -0.358 e. The van der Waals surface area contributed by atoms with Gasteiger partial charge in [-0.1, -0.05) is 11.6 Å². The molecule has 110 valence electrons. The van der Waals surface area contributed by atoms with E-state index in [4.69, 9.17) is 11.6 Å². The van der Waals surface area contributed by atoms with Crippen LogP contribution in [-0.2, 0) is 4.79 Å². The van der Waals surface area contributed by atoms with Gasteiger partial charge in [-0.25, -0.2) is 9.37 Å². The van der Waals surface area contributed by atoms with E-state index in [2.05, 4.69) is 15.3 Å². The van der Waals surface area contributed by atoms with Crippen molar-refractivity contribution in [3.63, 3.8) is 0 Å². The van der Waals surface area contributed by atoms with Gasteiger partial charge in [0.15, 0.2) is 11.0 Å². The van der Waals surface area contributed by atoms with E-state index < -0.39 is 17.5 Å². The van der Waals surface area contributed by atoms with Gasteiger partial charge in [-0.15, -0.1) is 0 Å². The van der Waals surface area contributed by atoms with Crippen LogP contribution in [0.25, 0.3) is 10.9 Å². The summed E-state index contributed by atoms with van der Waals surface area (Å²) in [7, 11) is 0. The molecule has 0 unspecified atom stereocenters. The van der Waals surface area contributed by atoms with Crippen molar-refractivity contribution in [2.45, 2.75) is 0 Å². The van der Waals surface area contributed by atoms with Gasteiger partial charge in [-0.05, 0) is 0 Å². The normalized spacial score (nSPS) is 15.4. The zero-order valence-electron chi connectivity index (χ0n) is 10.9. The third kappa shape index (κ3) is 2.38. The smallest absolute Gasteiger partial charge is 0.295 e. The molecule has 3 rings (SSSR count).